The minimum atomic E-state index is -0.251. The van der Waals surface area contributed by atoms with Gasteiger partial charge < -0.3 is 15.5 Å². The van der Waals surface area contributed by atoms with Gasteiger partial charge in [0.05, 0.1) is 6.04 Å². The van der Waals surface area contributed by atoms with E-state index < -0.39 is 0 Å². The molecule has 1 saturated heterocycles. The minimum absolute atomic E-state index is 0.0554. The standard InChI is InChI=1S/C19H25N5O2/c1-13-11-14(6-7-16(13)19(26)23(2)3)21-18(25)17-8-10-24(22-17)15-5-4-9-20-12-15/h6-8,10-11,15,20H,4-5,9,12H2,1-3H3,(H,21,25). The Morgan fingerprint density at radius 2 is 2.12 bits per heavy atom. The Balaban J connectivity index is 1.69. The van der Waals surface area contributed by atoms with Crippen LogP contribution in [0, 0.1) is 6.92 Å². The predicted molar refractivity (Wildman–Crippen MR) is 101 cm³/mol. The van der Waals surface area contributed by atoms with Gasteiger partial charge in [-0.3, -0.25) is 14.3 Å². The van der Waals surface area contributed by atoms with Crippen LogP contribution in [0.3, 0.4) is 0 Å². The Bertz CT molecular complexity index is 806. The topological polar surface area (TPSA) is 79.3 Å². The van der Waals surface area contributed by atoms with Crippen molar-refractivity contribution in [2.75, 3.05) is 32.5 Å². The lowest BCUT2D eigenvalue weighted by atomic mass is 10.1. The maximum absolute atomic E-state index is 12.5. The number of aryl methyl sites for hydroxylation is 1. The van der Waals surface area contributed by atoms with E-state index in [1.54, 1.807) is 38.4 Å². The van der Waals surface area contributed by atoms with Gasteiger partial charge in [-0.1, -0.05) is 0 Å². The van der Waals surface area contributed by atoms with Crippen LogP contribution in [-0.4, -0.2) is 53.7 Å². The fourth-order valence-electron chi connectivity index (χ4n) is 3.14. The molecule has 0 bridgehead atoms. The third-order valence-electron chi connectivity index (χ3n) is 4.61. The number of hydrogen-bond donors (Lipinski definition) is 2. The van der Waals surface area contributed by atoms with Gasteiger partial charge in [0, 0.05) is 38.1 Å². The Hall–Kier alpha value is -2.67. The molecule has 0 radical (unpaired) electrons. The number of rotatable bonds is 4. The summed E-state index contributed by atoms with van der Waals surface area (Å²) in [6.07, 6.45) is 4.04. The van der Waals surface area contributed by atoms with Crippen molar-refractivity contribution in [1.82, 2.24) is 20.0 Å². The molecule has 0 spiro atoms. The molecule has 2 heterocycles. The van der Waals surface area contributed by atoms with Gasteiger partial charge in [0.25, 0.3) is 11.8 Å². The SMILES string of the molecule is Cc1cc(NC(=O)c2ccn(C3CCCNC3)n2)ccc1C(=O)N(C)C. The van der Waals surface area contributed by atoms with E-state index in [1.165, 1.54) is 4.90 Å². The van der Waals surface area contributed by atoms with E-state index in [-0.39, 0.29) is 11.8 Å². The highest BCUT2D eigenvalue weighted by Crippen LogP contribution is 2.18. The molecule has 1 aliphatic rings. The number of carbonyl (C=O) groups excluding carboxylic acids is 2. The third-order valence-corrected chi connectivity index (χ3v) is 4.61. The quantitative estimate of drug-likeness (QED) is 0.880. The molecule has 0 saturated carbocycles. The Morgan fingerprint density at radius 1 is 1.31 bits per heavy atom. The summed E-state index contributed by atoms with van der Waals surface area (Å²) in [4.78, 5) is 26.1. The molecule has 1 aliphatic heterocycles. The average Bonchev–Trinajstić information content (AvgIpc) is 3.12. The first-order valence-corrected chi connectivity index (χ1v) is 8.85. The molecule has 0 aliphatic carbocycles. The summed E-state index contributed by atoms with van der Waals surface area (Å²) >= 11 is 0. The highest BCUT2D eigenvalue weighted by Gasteiger charge is 2.18. The first kappa shape index (κ1) is 18.1. The molecule has 138 valence electrons. The first-order valence-electron chi connectivity index (χ1n) is 8.85. The van der Waals surface area contributed by atoms with Gasteiger partial charge in [-0.15, -0.1) is 0 Å². The van der Waals surface area contributed by atoms with E-state index in [2.05, 4.69) is 15.7 Å². The van der Waals surface area contributed by atoms with Crippen molar-refractivity contribution < 1.29 is 9.59 Å². The maximum Gasteiger partial charge on any atom is 0.276 e. The molecule has 1 aromatic heterocycles. The number of nitrogens with zero attached hydrogens (tertiary/aromatic N) is 3. The van der Waals surface area contributed by atoms with Crippen LogP contribution >= 0.6 is 0 Å². The summed E-state index contributed by atoms with van der Waals surface area (Å²) in [5, 5.41) is 10.6. The molecule has 1 aromatic carbocycles. The minimum Gasteiger partial charge on any atom is -0.345 e. The molecule has 3 rings (SSSR count). The number of carbonyl (C=O) groups is 2. The Kier molecular flexibility index (Phi) is 5.37. The van der Waals surface area contributed by atoms with Gasteiger partial charge in [0.2, 0.25) is 0 Å². The lowest BCUT2D eigenvalue weighted by Gasteiger charge is -2.22. The van der Waals surface area contributed by atoms with Crippen molar-refractivity contribution in [2.24, 2.45) is 0 Å². The van der Waals surface area contributed by atoms with Gasteiger partial charge in [0.15, 0.2) is 5.69 Å². The van der Waals surface area contributed by atoms with E-state index in [0.29, 0.717) is 23.0 Å². The fourth-order valence-corrected chi connectivity index (χ4v) is 3.14. The van der Waals surface area contributed by atoms with Crippen LogP contribution in [0.2, 0.25) is 0 Å². The molecule has 1 unspecified atom stereocenters. The average molecular weight is 355 g/mol. The van der Waals surface area contributed by atoms with E-state index in [4.69, 9.17) is 0 Å². The Labute approximate surface area is 153 Å². The normalized spacial score (nSPS) is 17.0. The molecular weight excluding hydrogens is 330 g/mol. The first-order chi connectivity index (χ1) is 12.5. The van der Waals surface area contributed by atoms with Crippen LogP contribution in [0.1, 0.15) is 45.3 Å². The molecule has 1 atom stereocenters. The van der Waals surface area contributed by atoms with Crippen LogP contribution in [0.5, 0.6) is 0 Å². The zero-order valence-electron chi connectivity index (χ0n) is 15.5. The molecule has 7 nitrogen and oxygen atoms in total. The smallest absolute Gasteiger partial charge is 0.276 e. The third kappa shape index (κ3) is 3.94. The number of aromatic nitrogens is 2. The lowest BCUT2D eigenvalue weighted by Crippen LogP contribution is -2.32. The molecular formula is C19H25N5O2. The van der Waals surface area contributed by atoms with Crippen molar-refractivity contribution >= 4 is 17.5 Å². The maximum atomic E-state index is 12.5. The fraction of sp³-hybridized carbons (Fsp3) is 0.421. The van der Waals surface area contributed by atoms with Gasteiger partial charge in [-0.25, -0.2) is 0 Å². The van der Waals surface area contributed by atoms with E-state index in [0.717, 1.165) is 31.5 Å². The summed E-state index contributed by atoms with van der Waals surface area (Å²) in [5.41, 5.74) is 2.49. The van der Waals surface area contributed by atoms with Crippen LogP contribution in [0.25, 0.3) is 0 Å². The number of hydrogen-bond acceptors (Lipinski definition) is 4. The second kappa shape index (κ2) is 7.70. The molecule has 26 heavy (non-hydrogen) atoms. The summed E-state index contributed by atoms with van der Waals surface area (Å²) < 4.78 is 1.87. The van der Waals surface area contributed by atoms with Gasteiger partial charge in [-0.2, -0.15) is 5.10 Å². The van der Waals surface area contributed by atoms with Crippen LogP contribution in [0.15, 0.2) is 30.5 Å². The molecule has 1 fully saturated rings. The molecule has 2 amide bonds. The molecule has 7 heteroatoms. The van der Waals surface area contributed by atoms with Crippen molar-refractivity contribution in [1.29, 1.82) is 0 Å². The van der Waals surface area contributed by atoms with Crippen molar-refractivity contribution in [3.05, 3.63) is 47.3 Å². The zero-order valence-corrected chi connectivity index (χ0v) is 15.5. The number of amides is 2. The number of piperidine rings is 1. The lowest BCUT2D eigenvalue weighted by molar-refractivity contribution is 0.0826. The number of benzene rings is 1. The van der Waals surface area contributed by atoms with Gasteiger partial charge >= 0.3 is 0 Å². The van der Waals surface area contributed by atoms with E-state index in [9.17, 15) is 9.59 Å². The molecule has 2 aromatic rings. The van der Waals surface area contributed by atoms with Gasteiger partial charge in [-0.05, 0) is 56.1 Å². The summed E-state index contributed by atoms with van der Waals surface area (Å²) in [7, 11) is 3.44. The summed E-state index contributed by atoms with van der Waals surface area (Å²) in [6, 6.07) is 7.31. The molecule has 2 N–H and O–H groups in total. The number of anilines is 1. The van der Waals surface area contributed by atoms with Crippen molar-refractivity contribution in [3.8, 4) is 0 Å². The second-order valence-corrected chi connectivity index (χ2v) is 6.86. The van der Waals surface area contributed by atoms with Gasteiger partial charge in [0.1, 0.15) is 0 Å². The largest absolute Gasteiger partial charge is 0.345 e. The second-order valence-electron chi connectivity index (χ2n) is 6.86. The van der Waals surface area contributed by atoms with E-state index >= 15 is 0 Å². The highest BCUT2D eigenvalue weighted by molar-refractivity contribution is 6.03. The zero-order chi connectivity index (χ0) is 18.7. The monoisotopic (exact) mass is 355 g/mol. The van der Waals surface area contributed by atoms with Crippen LogP contribution in [0.4, 0.5) is 5.69 Å². The number of nitrogens with one attached hydrogen (secondary N) is 2. The highest BCUT2D eigenvalue weighted by atomic mass is 16.2. The van der Waals surface area contributed by atoms with Crippen LogP contribution < -0.4 is 10.6 Å². The van der Waals surface area contributed by atoms with Crippen LogP contribution in [-0.2, 0) is 0 Å². The summed E-state index contributed by atoms with van der Waals surface area (Å²) in [6.45, 7) is 3.78. The predicted octanol–water partition coefficient (Wildman–Crippen LogP) is 2.07. The Morgan fingerprint density at radius 3 is 2.77 bits per heavy atom. The van der Waals surface area contributed by atoms with E-state index in [1.807, 2.05) is 17.8 Å². The van der Waals surface area contributed by atoms with Crippen molar-refractivity contribution in [2.45, 2.75) is 25.8 Å². The van der Waals surface area contributed by atoms with Crippen molar-refractivity contribution in [3.63, 3.8) is 0 Å². The summed E-state index contributed by atoms with van der Waals surface area (Å²) in [5.74, 6) is -0.307.